The Kier molecular flexibility index (Phi) is 6.41. The number of aryl methyl sites for hydroxylation is 2. The first-order valence-corrected chi connectivity index (χ1v) is 10.6. The second-order valence-corrected chi connectivity index (χ2v) is 8.84. The van der Waals surface area contributed by atoms with Gasteiger partial charge in [0, 0.05) is 18.0 Å². The lowest BCUT2D eigenvalue weighted by atomic mass is 9.81. The van der Waals surface area contributed by atoms with Crippen LogP contribution in [-0.4, -0.2) is 38.9 Å². The molecule has 0 spiro atoms. The minimum Gasteiger partial charge on any atom is -0.483 e. The number of rotatable bonds is 8. The highest BCUT2D eigenvalue weighted by Gasteiger charge is 2.23. The highest BCUT2D eigenvalue weighted by molar-refractivity contribution is 6.34. The fourth-order valence-corrected chi connectivity index (χ4v) is 3.65. The number of carbonyl (C=O) groups excluding carboxylic acids is 1. The van der Waals surface area contributed by atoms with Crippen LogP contribution in [-0.2, 0) is 10.2 Å². The monoisotopic (exact) mass is 431 g/mol. The van der Waals surface area contributed by atoms with E-state index in [1.807, 2.05) is 26.0 Å². The number of aromatic nitrogens is 4. The molecule has 0 saturated heterocycles. The summed E-state index contributed by atoms with van der Waals surface area (Å²) in [6.45, 7) is 12.8. The Morgan fingerprint density at radius 1 is 1.37 bits per heavy atom. The van der Waals surface area contributed by atoms with Crippen LogP contribution in [0.4, 0.5) is 0 Å². The van der Waals surface area contributed by atoms with Crippen molar-refractivity contribution in [3.8, 4) is 5.75 Å². The topological polar surface area (TPSA) is 84.3 Å². The fourth-order valence-electron chi connectivity index (χ4n) is 3.30. The number of nitrogens with one attached hydrogen (secondary N) is 2. The predicted molar refractivity (Wildman–Crippen MR) is 119 cm³/mol. The van der Waals surface area contributed by atoms with Crippen molar-refractivity contribution in [1.29, 1.82) is 0 Å². The maximum atomic E-state index is 12.4. The molecule has 0 aliphatic carbocycles. The number of halogens is 1. The highest BCUT2D eigenvalue weighted by atomic mass is 35.5. The molecule has 0 aliphatic heterocycles. The molecule has 30 heavy (non-hydrogen) atoms. The number of benzene rings is 1. The van der Waals surface area contributed by atoms with Crippen LogP contribution in [0.1, 0.15) is 62.7 Å². The molecule has 1 amide bonds. The van der Waals surface area contributed by atoms with Gasteiger partial charge < -0.3 is 10.1 Å². The summed E-state index contributed by atoms with van der Waals surface area (Å²) >= 11 is 6.42. The Hall–Kier alpha value is -2.54. The van der Waals surface area contributed by atoms with E-state index < -0.39 is 0 Å². The molecule has 2 aromatic heterocycles. The van der Waals surface area contributed by atoms with E-state index in [-0.39, 0.29) is 23.8 Å². The molecular formula is C22H30ClN5O2. The van der Waals surface area contributed by atoms with Gasteiger partial charge in [0.2, 0.25) is 0 Å². The van der Waals surface area contributed by atoms with E-state index >= 15 is 0 Å². The first kappa shape index (κ1) is 22.2. The van der Waals surface area contributed by atoms with Crippen LogP contribution in [0.2, 0.25) is 5.02 Å². The van der Waals surface area contributed by atoms with Crippen molar-refractivity contribution < 1.29 is 9.53 Å². The smallest absolute Gasteiger partial charge is 0.257 e. The van der Waals surface area contributed by atoms with Crippen molar-refractivity contribution in [2.24, 2.45) is 0 Å². The second kappa shape index (κ2) is 8.68. The summed E-state index contributed by atoms with van der Waals surface area (Å²) < 4.78 is 7.44. The van der Waals surface area contributed by atoms with Gasteiger partial charge in [-0.25, -0.2) is 4.98 Å². The van der Waals surface area contributed by atoms with Crippen LogP contribution in [0.25, 0.3) is 5.65 Å². The van der Waals surface area contributed by atoms with Crippen molar-refractivity contribution in [1.82, 2.24) is 25.1 Å². The molecule has 0 aliphatic rings. The summed E-state index contributed by atoms with van der Waals surface area (Å²) in [5, 5.41) is 10.8. The van der Waals surface area contributed by atoms with Gasteiger partial charge in [-0.2, -0.15) is 4.63 Å². The van der Waals surface area contributed by atoms with E-state index in [0.29, 0.717) is 23.0 Å². The minimum absolute atomic E-state index is 0.0271. The van der Waals surface area contributed by atoms with Crippen molar-refractivity contribution in [2.45, 2.75) is 59.3 Å². The molecule has 162 valence electrons. The molecule has 0 fully saturated rings. The molecule has 7 nitrogen and oxygen atoms in total. The summed E-state index contributed by atoms with van der Waals surface area (Å²) in [6, 6.07) is 6.09. The summed E-state index contributed by atoms with van der Waals surface area (Å²) in [5.74, 6) is 1.20. The lowest BCUT2D eigenvalue weighted by molar-refractivity contribution is -0.123. The van der Waals surface area contributed by atoms with E-state index in [2.05, 4.69) is 54.3 Å². The lowest BCUT2D eigenvalue weighted by Gasteiger charge is -2.26. The molecule has 8 heteroatoms. The largest absolute Gasteiger partial charge is 0.483 e. The number of ether oxygens (including phenoxy) is 1. The van der Waals surface area contributed by atoms with E-state index in [4.69, 9.17) is 16.3 Å². The Morgan fingerprint density at radius 3 is 2.77 bits per heavy atom. The fraction of sp³-hybridized carbons (Fsp3) is 0.500. The number of carbonyl (C=O) groups is 1. The molecule has 3 rings (SSSR count). The number of nitrogens with zero attached hydrogens (tertiary/aromatic N) is 3. The average Bonchev–Trinajstić information content (AvgIpc) is 3.22. The van der Waals surface area contributed by atoms with Crippen molar-refractivity contribution in [2.75, 3.05) is 13.2 Å². The van der Waals surface area contributed by atoms with E-state index in [1.54, 1.807) is 4.63 Å². The number of hydrogen-bond donors (Lipinski definition) is 2. The van der Waals surface area contributed by atoms with Crippen LogP contribution in [0.15, 0.2) is 18.2 Å². The molecular weight excluding hydrogens is 402 g/mol. The zero-order chi connectivity index (χ0) is 22.1. The molecule has 1 unspecified atom stereocenters. The highest BCUT2D eigenvalue weighted by Crippen LogP contribution is 2.35. The van der Waals surface area contributed by atoms with Gasteiger partial charge in [0.05, 0.1) is 5.69 Å². The summed E-state index contributed by atoms with van der Waals surface area (Å²) in [6.07, 6.45) is 0.977. The summed E-state index contributed by atoms with van der Waals surface area (Å²) in [7, 11) is 0. The quantitative estimate of drug-likeness (QED) is 0.556. The van der Waals surface area contributed by atoms with Gasteiger partial charge in [-0.1, -0.05) is 57.0 Å². The maximum Gasteiger partial charge on any atom is 0.257 e. The van der Waals surface area contributed by atoms with Crippen LogP contribution in [0, 0.1) is 13.8 Å². The SMILES string of the molecule is CCC(C)(C)c1cc(C)ccc1OCC(=O)NCC(C)c1[nH]n2nc(C)nc2c1Cl. The number of fused-ring (bicyclic) bond motifs is 1. The molecule has 0 saturated carbocycles. The predicted octanol–water partition coefficient (Wildman–Crippen LogP) is 4.31. The maximum absolute atomic E-state index is 12.4. The van der Waals surface area contributed by atoms with E-state index in [0.717, 1.165) is 23.4 Å². The summed E-state index contributed by atoms with van der Waals surface area (Å²) in [5.41, 5.74) is 3.65. The van der Waals surface area contributed by atoms with Crippen LogP contribution in [0.5, 0.6) is 5.75 Å². The zero-order valence-corrected chi connectivity index (χ0v) is 19.2. The van der Waals surface area contributed by atoms with E-state index in [1.165, 1.54) is 5.56 Å². The number of hydrogen-bond acceptors (Lipinski definition) is 4. The van der Waals surface area contributed by atoms with Crippen molar-refractivity contribution in [3.63, 3.8) is 0 Å². The molecule has 0 bridgehead atoms. The third-order valence-electron chi connectivity index (χ3n) is 5.58. The molecule has 2 N–H and O–H groups in total. The van der Waals surface area contributed by atoms with Gasteiger partial charge in [-0.3, -0.25) is 9.89 Å². The number of H-pyrrole nitrogens is 1. The minimum atomic E-state index is -0.177. The van der Waals surface area contributed by atoms with Gasteiger partial charge in [0.1, 0.15) is 16.6 Å². The summed E-state index contributed by atoms with van der Waals surface area (Å²) in [4.78, 5) is 16.7. The van der Waals surface area contributed by atoms with Crippen molar-refractivity contribution >= 4 is 23.2 Å². The van der Waals surface area contributed by atoms with Crippen LogP contribution in [0.3, 0.4) is 0 Å². The lowest BCUT2D eigenvalue weighted by Crippen LogP contribution is -2.32. The Labute approximate surface area is 182 Å². The first-order valence-electron chi connectivity index (χ1n) is 10.2. The van der Waals surface area contributed by atoms with Gasteiger partial charge in [-0.05, 0) is 31.7 Å². The third kappa shape index (κ3) is 4.61. The van der Waals surface area contributed by atoms with Gasteiger partial charge in [-0.15, -0.1) is 5.10 Å². The van der Waals surface area contributed by atoms with Crippen molar-refractivity contribution in [3.05, 3.63) is 45.9 Å². The number of aromatic amines is 1. The normalized spacial score (nSPS) is 12.9. The van der Waals surface area contributed by atoms with Gasteiger partial charge in [0.25, 0.3) is 5.91 Å². The van der Waals surface area contributed by atoms with Crippen LogP contribution >= 0.6 is 11.6 Å². The Morgan fingerprint density at radius 2 is 2.10 bits per heavy atom. The zero-order valence-electron chi connectivity index (χ0n) is 18.5. The third-order valence-corrected chi connectivity index (χ3v) is 5.95. The second-order valence-electron chi connectivity index (χ2n) is 8.46. The first-order chi connectivity index (χ1) is 14.1. The Balaban J connectivity index is 1.60. The van der Waals surface area contributed by atoms with Gasteiger partial charge in [0.15, 0.2) is 12.3 Å². The molecule has 1 aromatic carbocycles. The van der Waals surface area contributed by atoms with Gasteiger partial charge >= 0.3 is 0 Å². The molecule has 2 heterocycles. The van der Waals surface area contributed by atoms with Crippen LogP contribution < -0.4 is 10.1 Å². The van der Waals surface area contributed by atoms with E-state index in [9.17, 15) is 4.79 Å². The molecule has 1 atom stereocenters. The number of amides is 1. The molecule has 0 radical (unpaired) electrons. The standard InChI is InChI=1S/C22H30ClN5O2/c1-7-22(5,6)16-10-13(2)8-9-17(16)30-12-18(29)24-11-14(3)20-19(23)21-25-15(4)26-28(21)27-20/h8-10,14,27H,7,11-12H2,1-6H3,(H,24,29). The average molecular weight is 432 g/mol. The molecule has 3 aromatic rings. The Bertz CT molecular complexity index is 1050.